The number of nitrogens with zero attached hydrogens (tertiary/aromatic N) is 3. The minimum Gasteiger partial charge on any atom is -0.496 e. The molecule has 0 radical (unpaired) electrons. The first-order valence-electron chi connectivity index (χ1n) is 9.29. The highest BCUT2D eigenvalue weighted by Crippen LogP contribution is 2.33. The van der Waals surface area contributed by atoms with Crippen molar-refractivity contribution >= 4 is 5.91 Å². The van der Waals surface area contributed by atoms with Crippen molar-refractivity contribution in [3.63, 3.8) is 0 Å². The van der Waals surface area contributed by atoms with E-state index in [2.05, 4.69) is 9.97 Å². The molecule has 2 atom stereocenters. The summed E-state index contributed by atoms with van der Waals surface area (Å²) < 4.78 is 43.2. The van der Waals surface area contributed by atoms with Crippen LogP contribution >= 0.6 is 0 Å². The van der Waals surface area contributed by atoms with Gasteiger partial charge in [0.1, 0.15) is 17.5 Å². The number of amides is 1. The smallest absolute Gasteiger partial charge is 0.433 e. The third-order valence-electron chi connectivity index (χ3n) is 5.05. The Labute approximate surface area is 166 Å². The molecule has 1 amide bonds. The molecule has 1 unspecified atom stereocenters. The molecule has 3 rings (SSSR count). The monoisotopic (exact) mass is 409 g/mol. The van der Waals surface area contributed by atoms with Crippen LogP contribution in [0, 0.1) is 0 Å². The fraction of sp³-hybridized carbons (Fsp3) is 0.450. The average molecular weight is 409 g/mol. The number of halogens is 3. The van der Waals surface area contributed by atoms with Crippen LogP contribution in [-0.4, -0.2) is 45.6 Å². The SMILES string of the molecule is COc1ccncc1C(O)[C@H]1CCCCN1C(=O)Cc1ccc(C(F)(F)F)nc1. The molecule has 0 saturated carbocycles. The van der Waals surface area contributed by atoms with Crippen LogP contribution < -0.4 is 4.74 Å². The van der Waals surface area contributed by atoms with Gasteiger partial charge < -0.3 is 14.7 Å². The number of hydrogen-bond acceptors (Lipinski definition) is 5. The van der Waals surface area contributed by atoms with E-state index in [0.29, 0.717) is 29.8 Å². The summed E-state index contributed by atoms with van der Waals surface area (Å²) in [5, 5.41) is 10.9. The number of aromatic nitrogens is 2. The number of carbonyl (C=O) groups is 1. The number of alkyl halides is 3. The summed E-state index contributed by atoms with van der Waals surface area (Å²) in [6.45, 7) is 0.469. The Kier molecular flexibility index (Phi) is 6.36. The molecule has 1 N–H and O–H groups in total. The molecule has 1 fully saturated rings. The second-order valence-electron chi connectivity index (χ2n) is 6.94. The van der Waals surface area contributed by atoms with Crippen molar-refractivity contribution in [3.8, 4) is 5.75 Å². The number of hydrogen-bond donors (Lipinski definition) is 1. The number of piperidine rings is 1. The first kappa shape index (κ1) is 21.0. The number of pyridine rings is 2. The number of rotatable bonds is 5. The highest BCUT2D eigenvalue weighted by molar-refractivity contribution is 5.79. The highest BCUT2D eigenvalue weighted by Gasteiger charge is 2.35. The lowest BCUT2D eigenvalue weighted by Gasteiger charge is -2.39. The number of ether oxygens (including phenoxy) is 1. The lowest BCUT2D eigenvalue weighted by molar-refractivity contribution is -0.141. The van der Waals surface area contributed by atoms with Gasteiger partial charge in [0.25, 0.3) is 0 Å². The number of aliphatic hydroxyl groups is 1. The second kappa shape index (κ2) is 8.77. The lowest BCUT2D eigenvalue weighted by Crippen LogP contribution is -2.47. The maximum atomic E-state index is 12.9. The van der Waals surface area contributed by atoms with Gasteiger partial charge in [0.2, 0.25) is 5.91 Å². The van der Waals surface area contributed by atoms with Crippen molar-refractivity contribution in [3.05, 3.63) is 53.6 Å². The topological polar surface area (TPSA) is 75.6 Å². The van der Waals surface area contributed by atoms with E-state index in [9.17, 15) is 23.1 Å². The van der Waals surface area contributed by atoms with Crippen molar-refractivity contribution in [2.45, 2.75) is 44.0 Å². The van der Waals surface area contributed by atoms with Gasteiger partial charge >= 0.3 is 6.18 Å². The van der Waals surface area contributed by atoms with Crippen LogP contribution in [0.15, 0.2) is 36.8 Å². The molecule has 29 heavy (non-hydrogen) atoms. The summed E-state index contributed by atoms with van der Waals surface area (Å²) >= 11 is 0. The summed E-state index contributed by atoms with van der Waals surface area (Å²) in [5.41, 5.74) is -0.111. The Balaban J connectivity index is 1.76. The molecule has 156 valence electrons. The molecule has 1 aliphatic heterocycles. The van der Waals surface area contributed by atoms with Crippen molar-refractivity contribution in [2.24, 2.45) is 0 Å². The Hall–Kier alpha value is -2.68. The minimum absolute atomic E-state index is 0.0848. The van der Waals surface area contributed by atoms with Gasteiger partial charge in [-0.15, -0.1) is 0 Å². The summed E-state index contributed by atoms with van der Waals surface area (Å²) in [6, 6.07) is 3.30. The van der Waals surface area contributed by atoms with E-state index in [-0.39, 0.29) is 12.3 Å². The number of carbonyl (C=O) groups excluding carboxylic acids is 1. The Bertz CT molecular complexity index is 843. The molecule has 1 aliphatic rings. The van der Waals surface area contributed by atoms with Crippen LogP contribution in [0.25, 0.3) is 0 Å². The molecule has 0 spiro atoms. The minimum atomic E-state index is -4.52. The summed E-state index contributed by atoms with van der Waals surface area (Å²) in [6.07, 6.45) is 0.813. The van der Waals surface area contributed by atoms with Crippen LogP contribution in [0.1, 0.15) is 42.2 Å². The predicted molar refractivity (Wildman–Crippen MR) is 98.0 cm³/mol. The standard InChI is InChI=1S/C20H22F3N3O3/c1-29-16-7-8-24-12-14(16)19(28)15-4-2-3-9-26(15)18(27)10-13-5-6-17(25-11-13)20(21,22)23/h5-8,11-12,15,19,28H,2-4,9-10H2,1H3/t15-,19?/m1/s1. The van der Waals surface area contributed by atoms with E-state index in [0.717, 1.165) is 25.1 Å². The first-order chi connectivity index (χ1) is 13.8. The number of methoxy groups -OCH3 is 1. The molecule has 2 aromatic heterocycles. The first-order valence-corrected chi connectivity index (χ1v) is 9.29. The van der Waals surface area contributed by atoms with E-state index >= 15 is 0 Å². The van der Waals surface area contributed by atoms with E-state index < -0.39 is 24.0 Å². The summed E-state index contributed by atoms with van der Waals surface area (Å²) in [5.74, 6) is 0.218. The fourth-order valence-electron chi connectivity index (χ4n) is 3.58. The zero-order valence-corrected chi connectivity index (χ0v) is 15.9. The summed E-state index contributed by atoms with van der Waals surface area (Å²) in [4.78, 5) is 21.9. The molecule has 0 bridgehead atoms. The van der Waals surface area contributed by atoms with Gasteiger partial charge in [-0.2, -0.15) is 13.2 Å². The van der Waals surface area contributed by atoms with Gasteiger partial charge in [-0.05, 0) is 37.0 Å². The molecule has 6 nitrogen and oxygen atoms in total. The maximum absolute atomic E-state index is 12.9. The summed E-state index contributed by atoms with van der Waals surface area (Å²) in [7, 11) is 1.49. The van der Waals surface area contributed by atoms with Crippen LogP contribution in [0.5, 0.6) is 5.75 Å². The fourth-order valence-corrected chi connectivity index (χ4v) is 3.58. The van der Waals surface area contributed by atoms with Gasteiger partial charge in [0.15, 0.2) is 0 Å². The largest absolute Gasteiger partial charge is 0.496 e. The third kappa shape index (κ3) is 4.84. The predicted octanol–water partition coefficient (Wildman–Crippen LogP) is 3.16. The van der Waals surface area contributed by atoms with Crippen molar-refractivity contribution in [1.82, 2.24) is 14.9 Å². The molecule has 1 saturated heterocycles. The van der Waals surface area contributed by atoms with Crippen molar-refractivity contribution < 1.29 is 27.8 Å². The van der Waals surface area contributed by atoms with Gasteiger partial charge in [-0.3, -0.25) is 14.8 Å². The van der Waals surface area contributed by atoms with Gasteiger partial charge in [-0.1, -0.05) is 6.07 Å². The van der Waals surface area contributed by atoms with Crippen molar-refractivity contribution in [2.75, 3.05) is 13.7 Å². The molecular formula is C20H22F3N3O3. The molecule has 9 heteroatoms. The number of aliphatic hydroxyl groups excluding tert-OH is 1. The van der Waals surface area contributed by atoms with Gasteiger partial charge in [0, 0.05) is 30.7 Å². The normalized spacial score (nSPS) is 18.4. The average Bonchev–Trinajstić information content (AvgIpc) is 2.73. The van der Waals surface area contributed by atoms with E-state index in [1.54, 1.807) is 17.2 Å². The van der Waals surface area contributed by atoms with Crippen molar-refractivity contribution in [1.29, 1.82) is 0 Å². The van der Waals surface area contributed by atoms with Gasteiger partial charge in [0.05, 0.1) is 19.6 Å². The number of likely N-dealkylation sites (tertiary alicyclic amines) is 1. The van der Waals surface area contributed by atoms with E-state index in [1.165, 1.54) is 19.4 Å². The third-order valence-corrected chi connectivity index (χ3v) is 5.05. The zero-order chi connectivity index (χ0) is 21.0. The molecule has 0 aliphatic carbocycles. The zero-order valence-electron chi connectivity index (χ0n) is 15.9. The van der Waals surface area contributed by atoms with Crippen LogP contribution in [0.2, 0.25) is 0 Å². The molecular weight excluding hydrogens is 387 g/mol. The quantitative estimate of drug-likeness (QED) is 0.821. The molecule has 2 aromatic rings. The Morgan fingerprint density at radius 2 is 2.10 bits per heavy atom. The lowest BCUT2D eigenvalue weighted by atomic mass is 9.92. The van der Waals surface area contributed by atoms with E-state index in [4.69, 9.17) is 4.74 Å². The highest BCUT2D eigenvalue weighted by atomic mass is 19.4. The Morgan fingerprint density at radius 3 is 2.76 bits per heavy atom. The van der Waals surface area contributed by atoms with Gasteiger partial charge in [-0.25, -0.2) is 0 Å². The molecule has 0 aromatic carbocycles. The second-order valence-corrected chi connectivity index (χ2v) is 6.94. The van der Waals surface area contributed by atoms with Crippen LogP contribution in [-0.2, 0) is 17.4 Å². The van der Waals surface area contributed by atoms with Crippen LogP contribution in [0.3, 0.4) is 0 Å². The van der Waals surface area contributed by atoms with E-state index in [1.807, 2.05) is 0 Å². The maximum Gasteiger partial charge on any atom is 0.433 e. The molecule has 3 heterocycles. The van der Waals surface area contributed by atoms with Crippen LogP contribution in [0.4, 0.5) is 13.2 Å². The Morgan fingerprint density at radius 1 is 1.31 bits per heavy atom.